The van der Waals surface area contributed by atoms with Gasteiger partial charge in [-0.3, -0.25) is 4.79 Å². The van der Waals surface area contributed by atoms with E-state index in [0.717, 1.165) is 5.56 Å². The molecule has 0 aromatic carbocycles. The normalized spacial score (nSPS) is 10.9. The van der Waals surface area contributed by atoms with Gasteiger partial charge in [-0.15, -0.1) is 0 Å². The fraction of sp³-hybridized carbons (Fsp3) is 0.300. The van der Waals surface area contributed by atoms with Gasteiger partial charge in [-0.05, 0) is 25.1 Å². The number of hydrogen-bond donors (Lipinski definition) is 0. The van der Waals surface area contributed by atoms with Crippen LogP contribution in [0, 0.1) is 0 Å². The van der Waals surface area contributed by atoms with Crippen LogP contribution >= 0.6 is 0 Å². The van der Waals surface area contributed by atoms with E-state index < -0.39 is 0 Å². The molecule has 3 nitrogen and oxygen atoms in total. The van der Waals surface area contributed by atoms with Crippen molar-refractivity contribution in [1.82, 2.24) is 0 Å². The molecule has 0 saturated carbocycles. The first kappa shape index (κ1) is 9.74. The lowest BCUT2D eigenvalue weighted by molar-refractivity contribution is -0.112. The third-order valence-corrected chi connectivity index (χ3v) is 1.55. The summed E-state index contributed by atoms with van der Waals surface area (Å²) in [6.45, 7) is 1.99. The summed E-state index contributed by atoms with van der Waals surface area (Å²) in [6.07, 6.45) is 4.70. The van der Waals surface area contributed by atoms with Crippen LogP contribution < -0.4 is 0 Å². The van der Waals surface area contributed by atoms with Crippen molar-refractivity contribution in [1.29, 1.82) is 0 Å². The van der Waals surface area contributed by atoms with E-state index in [2.05, 4.69) is 0 Å². The standard InChI is InChI=1S/C10H12O3/c1-8(11)3-4-10-9(7-12-2)5-6-13-10/h3-6H,7H2,1-2H3/b4-3+. The number of ether oxygens (including phenoxy) is 1. The molecule has 0 radical (unpaired) electrons. The van der Waals surface area contributed by atoms with Crippen molar-refractivity contribution >= 4 is 11.9 Å². The highest BCUT2D eigenvalue weighted by Gasteiger charge is 2.01. The minimum atomic E-state index is -0.000216. The van der Waals surface area contributed by atoms with E-state index in [0.29, 0.717) is 12.4 Å². The van der Waals surface area contributed by atoms with Gasteiger partial charge >= 0.3 is 0 Å². The van der Waals surface area contributed by atoms with Gasteiger partial charge in [0.05, 0.1) is 12.9 Å². The number of carbonyl (C=O) groups is 1. The fourth-order valence-electron chi connectivity index (χ4n) is 0.961. The number of hydrogen-bond acceptors (Lipinski definition) is 3. The van der Waals surface area contributed by atoms with E-state index in [4.69, 9.17) is 9.15 Å². The molecule has 1 rings (SSSR count). The minimum Gasteiger partial charge on any atom is -0.465 e. The number of furan rings is 1. The maximum Gasteiger partial charge on any atom is 0.152 e. The molecule has 0 aliphatic carbocycles. The molecule has 1 aromatic heterocycles. The van der Waals surface area contributed by atoms with Crippen LogP contribution in [0.15, 0.2) is 22.8 Å². The first-order chi connectivity index (χ1) is 6.24. The second kappa shape index (κ2) is 4.62. The lowest BCUT2D eigenvalue weighted by atomic mass is 10.2. The van der Waals surface area contributed by atoms with E-state index in [1.165, 1.54) is 13.0 Å². The molecule has 0 atom stereocenters. The first-order valence-electron chi connectivity index (χ1n) is 3.98. The Labute approximate surface area is 77.0 Å². The zero-order chi connectivity index (χ0) is 9.68. The molecule has 0 unspecified atom stereocenters. The second-order valence-corrected chi connectivity index (χ2v) is 2.69. The Balaban J connectivity index is 2.75. The predicted molar refractivity (Wildman–Crippen MR) is 49.1 cm³/mol. The molecular weight excluding hydrogens is 168 g/mol. The maximum absolute atomic E-state index is 10.6. The van der Waals surface area contributed by atoms with Crippen molar-refractivity contribution in [3.05, 3.63) is 29.7 Å². The molecule has 0 N–H and O–H groups in total. The zero-order valence-electron chi connectivity index (χ0n) is 7.74. The minimum absolute atomic E-state index is 0.000216. The van der Waals surface area contributed by atoms with Crippen LogP contribution in [0.25, 0.3) is 6.08 Å². The summed E-state index contributed by atoms with van der Waals surface area (Å²) in [5.41, 5.74) is 0.944. The summed E-state index contributed by atoms with van der Waals surface area (Å²) >= 11 is 0. The van der Waals surface area contributed by atoms with Gasteiger partial charge in [0.2, 0.25) is 0 Å². The number of carbonyl (C=O) groups excluding carboxylic acids is 1. The van der Waals surface area contributed by atoms with Crippen molar-refractivity contribution < 1.29 is 13.9 Å². The van der Waals surface area contributed by atoms with Crippen LogP contribution in [0.4, 0.5) is 0 Å². The monoisotopic (exact) mass is 180 g/mol. The van der Waals surface area contributed by atoms with Crippen molar-refractivity contribution in [2.45, 2.75) is 13.5 Å². The molecule has 70 valence electrons. The summed E-state index contributed by atoms with van der Waals surface area (Å²) in [6, 6.07) is 1.82. The summed E-state index contributed by atoms with van der Waals surface area (Å²) in [5.74, 6) is 0.678. The van der Waals surface area contributed by atoms with E-state index >= 15 is 0 Å². The quantitative estimate of drug-likeness (QED) is 0.665. The van der Waals surface area contributed by atoms with Crippen molar-refractivity contribution in [2.75, 3.05) is 7.11 Å². The van der Waals surface area contributed by atoms with E-state index in [-0.39, 0.29) is 5.78 Å². The van der Waals surface area contributed by atoms with Gasteiger partial charge < -0.3 is 9.15 Å². The van der Waals surface area contributed by atoms with E-state index in [1.54, 1.807) is 19.4 Å². The highest BCUT2D eigenvalue weighted by atomic mass is 16.5. The largest absolute Gasteiger partial charge is 0.465 e. The van der Waals surface area contributed by atoms with Gasteiger partial charge in [-0.25, -0.2) is 0 Å². The lowest BCUT2D eigenvalue weighted by Crippen LogP contribution is -1.87. The number of methoxy groups -OCH3 is 1. The van der Waals surface area contributed by atoms with Crippen LogP contribution in [0.5, 0.6) is 0 Å². The molecule has 0 aliphatic rings. The van der Waals surface area contributed by atoms with Crippen molar-refractivity contribution in [3.63, 3.8) is 0 Å². The Morgan fingerprint density at radius 2 is 2.46 bits per heavy atom. The second-order valence-electron chi connectivity index (χ2n) is 2.69. The molecule has 3 heteroatoms. The van der Waals surface area contributed by atoms with Crippen LogP contribution in [0.3, 0.4) is 0 Å². The van der Waals surface area contributed by atoms with Crippen LogP contribution in [-0.2, 0) is 16.1 Å². The Bertz CT molecular complexity index is 310. The van der Waals surface area contributed by atoms with Gasteiger partial charge in [0.25, 0.3) is 0 Å². The average molecular weight is 180 g/mol. The third kappa shape index (κ3) is 2.87. The molecule has 13 heavy (non-hydrogen) atoms. The summed E-state index contributed by atoms with van der Waals surface area (Å²) in [5, 5.41) is 0. The molecule has 0 amide bonds. The highest BCUT2D eigenvalue weighted by molar-refractivity contribution is 5.91. The average Bonchev–Trinajstić information content (AvgIpc) is 2.49. The van der Waals surface area contributed by atoms with Crippen LogP contribution in [-0.4, -0.2) is 12.9 Å². The highest BCUT2D eigenvalue weighted by Crippen LogP contribution is 2.13. The SMILES string of the molecule is COCc1ccoc1/C=C/C(C)=O. The van der Waals surface area contributed by atoms with Crippen molar-refractivity contribution in [2.24, 2.45) is 0 Å². The van der Waals surface area contributed by atoms with Crippen LogP contribution in [0.1, 0.15) is 18.2 Å². The Morgan fingerprint density at radius 3 is 3.08 bits per heavy atom. The Hall–Kier alpha value is -1.35. The van der Waals surface area contributed by atoms with E-state index in [1.807, 2.05) is 6.07 Å². The lowest BCUT2D eigenvalue weighted by Gasteiger charge is -1.94. The number of rotatable bonds is 4. The molecule has 1 heterocycles. The summed E-state index contributed by atoms with van der Waals surface area (Å²) in [7, 11) is 1.62. The fourth-order valence-corrected chi connectivity index (χ4v) is 0.961. The molecule has 0 spiro atoms. The maximum atomic E-state index is 10.6. The number of ketones is 1. The van der Waals surface area contributed by atoms with Gasteiger partial charge in [-0.1, -0.05) is 0 Å². The smallest absolute Gasteiger partial charge is 0.152 e. The van der Waals surface area contributed by atoms with E-state index in [9.17, 15) is 4.79 Å². The molecule has 0 saturated heterocycles. The molecular formula is C10H12O3. The molecule has 0 bridgehead atoms. The van der Waals surface area contributed by atoms with Gasteiger partial charge in [0.1, 0.15) is 5.76 Å². The van der Waals surface area contributed by atoms with Gasteiger partial charge in [-0.2, -0.15) is 0 Å². The molecule has 0 aliphatic heterocycles. The van der Waals surface area contributed by atoms with Gasteiger partial charge in [0.15, 0.2) is 5.78 Å². The number of allylic oxidation sites excluding steroid dienone is 1. The van der Waals surface area contributed by atoms with Crippen molar-refractivity contribution in [3.8, 4) is 0 Å². The van der Waals surface area contributed by atoms with Gasteiger partial charge in [0, 0.05) is 12.7 Å². The Kier molecular flexibility index (Phi) is 3.46. The zero-order valence-corrected chi connectivity index (χ0v) is 7.74. The topological polar surface area (TPSA) is 39.4 Å². The molecule has 1 aromatic rings. The Morgan fingerprint density at radius 1 is 1.69 bits per heavy atom. The summed E-state index contributed by atoms with van der Waals surface area (Å²) < 4.78 is 10.1. The first-order valence-corrected chi connectivity index (χ1v) is 3.98. The molecule has 0 fully saturated rings. The predicted octanol–water partition coefficient (Wildman–Crippen LogP) is 2.03. The van der Waals surface area contributed by atoms with Crippen LogP contribution in [0.2, 0.25) is 0 Å². The third-order valence-electron chi connectivity index (χ3n) is 1.55. The summed E-state index contributed by atoms with van der Waals surface area (Å²) in [4.78, 5) is 10.6.